The standard InChI is InChI=1S/C19H17FN4O2S3/c1-2-27-19-23-18(29-24-19)22-16(25)11-28-13-7-5-6-12(10-13)21-17(26)14-8-3-4-9-15(14)20/h3-10H,2,11H2,1H3,(H,21,26)(H,22,23,24,25). The molecular formula is C19H17FN4O2S3. The second-order valence-corrected chi connectivity index (χ2v) is 8.65. The van der Waals surface area contributed by atoms with Crippen LogP contribution in [0.4, 0.5) is 15.2 Å². The van der Waals surface area contributed by atoms with Crippen LogP contribution in [0.3, 0.4) is 0 Å². The van der Waals surface area contributed by atoms with Crippen LogP contribution in [0.5, 0.6) is 0 Å². The summed E-state index contributed by atoms with van der Waals surface area (Å²) in [7, 11) is 0. The number of carbonyl (C=O) groups is 2. The van der Waals surface area contributed by atoms with Crippen molar-refractivity contribution in [1.29, 1.82) is 0 Å². The molecule has 0 aliphatic heterocycles. The summed E-state index contributed by atoms with van der Waals surface area (Å²) in [5.41, 5.74) is 0.497. The Balaban J connectivity index is 1.54. The lowest BCUT2D eigenvalue weighted by molar-refractivity contribution is -0.113. The minimum absolute atomic E-state index is 0.0254. The molecule has 2 aromatic carbocycles. The molecule has 0 spiro atoms. The van der Waals surface area contributed by atoms with E-state index in [4.69, 9.17) is 0 Å². The van der Waals surface area contributed by atoms with Gasteiger partial charge >= 0.3 is 0 Å². The van der Waals surface area contributed by atoms with Gasteiger partial charge in [-0.15, -0.1) is 11.8 Å². The number of aromatic nitrogens is 2. The summed E-state index contributed by atoms with van der Waals surface area (Å²) in [6.45, 7) is 2.01. The number of nitrogens with one attached hydrogen (secondary N) is 2. The summed E-state index contributed by atoms with van der Waals surface area (Å²) in [4.78, 5) is 29.4. The molecule has 3 rings (SSSR count). The van der Waals surface area contributed by atoms with E-state index in [1.165, 1.54) is 41.7 Å². The molecule has 29 heavy (non-hydrogen) atoms. The summed E-state index contributed by atoms with van der Waals surface area (Å²) in [6.07, 6.45) is 0. The highest BCUT2D eigenvalue weighted by atomic mass is 32.2. The van der Waals surface area contributed by atoms with Gasteiger partial charge in [0.05, 0.1) is 11.3 Å². The number of amides is 2. The van der Waals surface area contributed by atoms with Crippen molar-refractivity contribution in [2.45, 2.75) is 17.0 Å². The van der Waals surface area contributed by atoms with Crippen LogP contribution >= 0.6 is 35.1 Å². The smallest absolute Gasteiger partial charge is 0.258 e. The van der Waals surface area contributed by atoms with Crippen molar-refractivity contribution >= 4 is 57.7 Å². The molecule has 0 fully saturated rings. The number of hydrogen-bond donors (Lipinski definition) is 2. The topological polar surface area (TPSA) is 84.0 Å². The molecule has 2 amide bonds. The molecule has 10 heteroatoms. The molecule has 1 aromatic heterocycles. The van der Waals surface area contributed by atoms with E-state index in [2.05, 4.69) is 20.0 Å². The Labute approximate surface area is 179 Å². The first kappa shape index (κ1) is 21.3. The summed E-state index contributed by atoms with van der Waals surface area (Å²) in [5, 5.41) is 6.52. The van der Waals surface area contributed by atoms with Gasteiger partial charge in [0.15, 0.2) is 0 Å². The molecule has 0 bridgehead atoms. The van der Waals surface area contributed by atoms with E-state index >= 15 is 0 Å². The SMILES string of the molecule is CCSc1nsc(NC(=O)CSc2cccc(NC(=O)c3ccccc3F)c2)n1. The van der Waals surface area contributed by atoms with Crippen molar-refractivity contribution in [3.63, 3.8) is 0 Å². The van der Waals surface area contributed by atoms with Crippen molar-refractivity contribution in [3.8, 4) is 0 Å². The molecular weight excluding hydrogens is 431 g/mol. The molecule has 3 aromatic rings. The van der Waals surface area contributed by atoms with E-state index in [0.717, 1.165) is 22.2 Å². The highest BCUT2D eigenvalue weighted by Crippen LogP contribution is 2.24. The van der Waals surface area contributed by atoms with Gasteiger partial charge in [-0.25, -0.2) is 4.39 Å². The minimum atomic E-state index is -0.579. The third-order valence-electron chi connectivity index (χ3n) is 3.51. The number of nitrogens with zero attached hydrogens (tertiary/aromatic N) is 2. The third-order valence-corrected chi connectivity index (χ3v) is 5.98. The van der Waals surface area contributed by atoms with E-state index in [0.29, 0.717) is 16.0 Å². The summed E-state index contributed by atoms with van der Waals surface area (Å²) < 4.78 is 17.9. The van der Waals surface area contributed by atoms with Crippen LogP contribution in [-0.2, 0) is 4.79 Å². The van der Waals surface area contributed by atoms with Crippen LogP contribution in [0.1, 0.15) is 17.3 Å². The first-order valence-electron chi connectivity index (χ1n) is 8.60. The van der Waals surface area contributed by atoms with Gasteiger partial charge in [-0.1, -0.05) is 36.9 Å². The fourth-order valence-corrected chi connectivity index (χ4v) is 4.30. The maximum absolute atomic E-state index is 13.7. The van der Waals surface area contributed by atoms with Crippen LogP contribution in [-0.4, -0.2) is 32.7 Å². The summed E-state index contributed by atoms with van der Waals surface area (Å²) in [6, 6.07) is 12.8. The van der Waals surface area contributed by atoms with Crippen LogP contribution < -0.4 is 10.6 Å². The second kappa shape index (κ2) is 10.4. The monoisotopic (exact) mass is 448 g/mol. The van der Waals surface area contributed by atoms with E-state index in [-0.39, 0.29) is 17.2 Å². The second-order valence-electron chi connectivity index (χ2n) is 5.61. The zero-order valence-corrected chi connectivity index (χ0v) is 17.8. The first-order chi connectivity index (χ1) is 14.0. The van der Waals surface area contributed by atoms with Gasteiger partial charge in [-0.2, -0.15) is 9.36 Å². The Kier molecular flexibility index (Phi) is 7.62. The average molecular weight is 449 g/mol. The highest BCUT2D eigenvalue weighted by Gasteiger charge is 2.12. The maximum atomic E-state index is 13.7. The Morgan fingerprint density at radius 2 is 1.93 bits per heavy atom. The van der Waals surface area contributed by atoms with Gasteiger partial charge < -0.3 is 5.32 Å². The fraction of sp³-hybridized carbons (Fsp3) is 0.158. The van der Waals surface area contributed by atoms with Crippen molar-refractivity contribution < 1.29 is 14.0 Å². The average Bonchev–Trinajstić information content (AvgIpc) is 3.14. The number of benzene rings is 2. The predicted octanol–water partition coefficient (Wildman–Crippen LogP) is 4.77. The molecule has 0 saturated heterocycles. The number of thioether (sulfide) groups is 2. The Morgan fingerprint density at radius 1 is 1.10 bits per heavy atom. The zero-order chi connectivity index (χ0) is 20.6. The van der Waals surface area contributed by atoms with E-state index in [9.17, 15) is 14.0 Å². The van der Waals surface area contributed by atoms with Gasteiger partial charge in [0.2, 0.25) is 16.2 Å². The number of carbonyl (C=O) groups excluding carboxylic acids is 2. The number of halogens is 1. The van der Waals surface area contributed by atoms with Crippen LogP contribution in [0.2, 0.25) is 0 Å². The van der Waals surface area contributed by atoms with Gasteiger partial charge in [0.1, 0.15) is 5.82 Å². The van der Waals surface area contributed by atoms with Gasteiger partial charge in [-0.3, -0.25) is 14.9 Å². The molecule has 0 aliphatic rings. The Morgan fingerprint density at radius 3 is 2.72 bits per heavy atom. The van der Waals surface area contributed by atoms with Crippen LogP contribution in [0.15, 0.2) is 58.6 Å². The molecule has 0 aliphatic carbocycles. The molecule has 0 atom stereocenters. The largest absolute Gasteiger partial charge is 0.322 e. The fourth-order valence-electron chi connectivity index (χ4n) is 2.26. The minimum Gasteiger partial charge on any atom is -0.322 e. The lowest BCUT2D eigenvalue weighted by Crippen LogP contribution is -2.14. The van der Waals surface area contributed by atoms with Gasteiger partial charge in [-0.05, 0) is 36.1 Å². The van der Waals surface area contributed by atoms with Crippen molar-refractivity contribution in [2.75, 3.05) is 22.1 Å². The Hall–Kier alpha value is -2.43. The number of rotatable bonds is 8. The molecule has 150 valence electrons. The highest BCUT2D eigenvalue weighted by molar-refractivity contribution is 8.00. The summed E-state index contributed by atoms with van der Waals surface area (Å²) >= 11 is 3.98. The quantitative estimate of drug-likeness (QED) is 0.483. The molecule has 0 radical (unpaired) electrons. The lowest BCUT2D eigenvalue weighted by Gasteiger charge is -2.08. The molecule has 1 heterocycles. The maximum Gasteiger partial charge on any atom is 0.258 e. The molecule has 2 N–H and O–H groups in total. The van der Waals surface area contributed by atoms with Crippen molar-refractivity contribution in [1.82, 2.24) is 9.36 Å². The summed E-state index contributed by atoms with van der Waals surface area (Å²) in [5.74, 6) is -0.256. The molecule has 0 unspecified atom stereocenters. The van der Waals surface area contributed by atoms with Crippen molar-refractivity contribution in [2.24, 2.45) is 0 Å². The number of anilines is 2. The predicted molar refractivity (Wildman–Crippen MR) is 116 cm³/mol. The normalized spacial score (nSPS) is 10.6. The lowest BCUT2D eigenvalue weighted by atomic mass is 10.2. The first-order valence-corrected chi connectivity index (χ1v) is 11.3. The van der Waals surface area contributed by atoms with Gasteiger partial charge in [0, 0.05) is 22.1 Å². The van der Waals surface area contributed by atoms with Gasteiger partial charge in [0.25, 0.3) is 5.91 Å². The molecule has 0 saturated carbocycles. The molecule has 6 nitrogen and oxygen atoms in total. The Bertz CT molecular complexity index is 1010. The number of hydrogen-bond acceptors (Lipinski definition) is 7. The van der Waals surface area contributed by atoms with E-state index in [1.807, 2.05) is 13.0 Å². The van der Waals surface area contributed by atoms with Crippen LogP contribution in [0.25, 0.3) is 0 Å². The van der Waals surface area contributed by atoms with E-state index < -0.39 is 11.7 Å². The zero-order valence-electron chi connectivity index (χ0n) is 15.3. The van der Waals surface area contributed by atoms with E-state index in [1.54, 1.807) is 24.3 Å². The van der Waals surface area contributed by atoms with Crippen molar-refractivity contribution in [3.05, 3.63) is 59.9 Å². The van der Waals surface area contributed by atoms with Crippen LogP contribution in [0, 0.1) is 5.82 Å². The third kappa shape index (κ3) is 6.28.